The number of para-hydroxylation sites is 1. The van der Waals surface area contributed by atoms with E-state index in [2.05, 4.69) is 25.1 Å². The van der Waals surface area contributed by atoms with Crippen LogP contribution in [-0.4, -0.2) is 53.6 Å². The Morgan fingerprint density at radius 1 is 1.07 bits per heavy atom. The van der Waals surface area contributed by atoms with Crippen LogP contribution < -0.4 is 5.56 Å². The van der Waals surface area contributed by atoms with E-state index in [4.69, 9.17) is 4.52 Å². The summed E-state index contributed by atoms with van der Waals surface area (Å²) in [5.41, 5.74) is 0.380. The maximum atomic E-state index is 12.5. The van der Waals surface area contributed by atoms with Crippen molar-refractivity contribution in [2.45, 2.75) is 12.5 Å². The number of hydrogen-bond donors (Lipinski definition) is 0. The number of amides is 1. The molecule has 1 aromatic carbocycles. The zero-order valence-electron chi connectivity index (χ0n) is 15.2. The van der Waals surface area contributed by atoms with Crippen LogP contribution in [0.4, 0.5) is 0 Å². The second-order valence-electron chi connectivity index (χ2n) is 6.72. The van der Waals surface area contributed by atoms with E-state index in [-0.39, 0.29) is 23.9 Å². The van der Waals surface area contributed by atoms with Crippen LogP contribution in [0.15, 0.2) is 58.4 Å². The van der Waals surface area contributed by atoms with E-state index in [0.717, 1.165) is 0 Å². The Bertz CT molecular complexity index is 1250. The van der Waals surface area contributed by atoms with Crippen molar-refractivity contribution in [3.8, 4) is 11.6 Å². The molecule has 5 rings (SSSR count). The quantitative estimate of drug-likeness (QED) is 0.504. The lowest BCUT2D eigenvalue weighted by atomic mass is 10.00. The Morgan fingerprint density at radius 2 is 1.86 bits per heavy atom. The number of likely N-dealkylation sites (tertiary alicyclic amines) is 1. The summed E-state index contributed by atoms with van der Waals surface area (Å²) in [6, 6.07) is 8.77. The summed E-state index contributed by atoms with van der Waals surface area (Å²) in [6.07, 6.45) is 4.61. The van der Waals surface area contributed by atoms with Crippen LogP contribution in [0.2, 0.25) is 0 Å². The summed E-state index contributed by atoms with van der Waals surface area (Å²) >= 11 is 0. The second-order valence-corrected chi connectivity index (χ2v) is 6.72. The fourth-order valence-electron chi connectivity index (χ4n) is 3.21. The van der Waals surface area contributed by atoms with Crippen LogP contribution in [0.1, 0.15) is 11.8 Å². The molecule has 1 amide bonds. The molecule has 0 saturated carbocycles. The van der Waals surface area contributed by atoms with Gasteiger partial charge >= 0.3 is 0 Å². The summed E-state index contributed by atoms with van der Waals surface area (Å²) in [4.78, 5) is 43.4. The van der Waals surface area contributed by atoms with E-state index in [1.54, 1.807) is 41.6 Å². The number of nitrogens with zero attached hydrogens (tertiary/aromatic N) is 7. The molecule has 1 fully saturated rings. The Kier molecular flexibility index (Phi) is 4.08. The maximum Gasteiger partial charge on any atom is 0.261 e. The van der Waals surface area contributed by atoms with Crippen molar-refractivity contribution < 1.29 is 9.32 Å². The van der Waals surface area contributed by atoms with Gasteiger partial charge in [0.1, 0.15) is 6.54 Å². The van der Waals surface area contributed by atoms with E-state index < -0.39 is 0 Å². The van der Waals surface area contributed by atoms with Gasteiger partial charge in [-0.2, -0.15) is 4.98 Å². The van der Waals surface area contributed by atoms with Crippen molar-refractivity contribution in [2.75, 3.05) is 13.1 Å². The van der Waals surface area contributed by atoms with Gasteiger partial charge in [-0.25, -0.2) is 15.0 Å². The zero-order chi connectivity index (χ0) is 19.8. The lowest BCUT2D eigenvalue weighted by Gasteiger charge is -2.37. The number of carbonyl (C=O) groups is 1. The number of hydrogen-bond acceptors (Lipinski definition) is 8. The van der Waals surface area contributed by atoms with Crippen LogP contribution in [-0.2, 0) is 11.3 Å². The van der Waals surface area contributed by atoms with Crippen molar-refractivity contribution in [3.63, 3.8) is 0 Å². The zero-order valence-corrected chi connectivity index (χ0v) is 15.2. The minimum Gasteiger partial charge on any atom is -0.339 e. The van der Waals surface area contributed by atoms with E-state index in [1.807, 2.05) is 6.07 Å². The molecule has 144 valence electrons. The first-order valence-corrected chi connectivity index (χ1v) is 9.02. The van der Waals surface area contributed by atoms with Crippen molar-refractivity contribution in [1.29, 1.82) is 0 Å². The number of benzene rings is 1. The van der Waals surface area contributed by atoms with Gasteiger partial charge in [-0.05, 0) is 18.2 Å². The standard InChI is InChI=1S/C19H15N7O3/c27-15(10-26-11-22-14-5-2-1-4-13(14)19(26)28)25-8-12(9-25)18-23-17(24-29-18)16-20-6-3-7-21-16/h1-7,11-12H,8-10H2. The van der Waals surface area contributed by atoms with Crippen molar-refractivity contribution in [2.24, 2.45) is 0 Å². The van der Waals surface area contributed by atoms with Gasteiger partial charge in [0, 0.05) is 25.5 Å². The molecule has 29 heavy (non-hydrogen) atoms. The van der Waals surface area contributed by atoms with E-state index in [0.29, 0.717) is 41.5 Å². The smallest absolute Gasteiger partial charge is 0.261 e. The highest BCUT2D eigenvalue weighted by Crippen LogP contribution is 2.27. The van der Waals surface area contributed by atoms with E-state index in [9.17, 15) is 9.59 Å². The van der Waals surface area contributed by atoms with Crippen LogP contribution in [0, 0.1) is 0 Å². The third-order valence-electron chi connectivity index (χ3n) is 4.83. The minimum atomic E-state index is -0.231. The van der Waals surface area contributed by atoms with Crippen molar-refractivity contribution in [1.82, 2.24) is 34.6 Å². The molecule has 0 bridgehead atoms. The van der Waals surface area contributed by atoms with Crippen LogP contribution >= 0.6 is 0 Å². The largest absolute Gasteiger partial charge is 0.339 e. The van der Waals surface area contributed by atoms with Gasteiger partial charge in [0.15, 0.2) is 0 Å². The lowest BCUT2D eigenvalue weighted by Crippen LogP contribution is -2.50. The van der Waals surface area contributed by atoms with Gasteiger partial charge in [0.2, 0.25) is 23.4 Å². The molecule has 0 spiro atoms. The van der Waals surface area contributed by atoms with E-state index in [1.165, 1.54) is 10.9 Å². The van der Waals surface area contributed by atoms with Crippen LogP contribution in [0.25, 0.3) is 22.6 Å². The molecular formula is C19H15N7O3. The Balaban J connectivity index is 1.25. The summed E-state index contributed by atoms with van der Waals surface area (Å²) in [5, 5.41) is 4.39. The summed E-state index contributed by atoms with van der Waals surface area (Å²) in [6.45, 7) is 0.841. The van der Waals surface area contributed by atoms with Crippen molar-refractivity contribution >= 4 is 16.8 Å². The number of carbonyl (C=O) groups excluding carboxylic acids is 1. The van der Waals surface area contributed by atoms with Crippen LogP contribution in [0.3, 0.4) is 0 Å². The summed E-state index contributed by atoms with van der Waals surface area (Å²) in [5.74, 6) is 0.945. The number of aromatic nitrogens is 6. The SMILES string of the molecule is O=C(Cn1cnc2ccccc2c1=O)N1CC(c2nc(-c3ncccn3)no2)C1. The predicted octanol–water partition coefficient (Wildman–Crippen LogP) is 0.862. The summed E-state index contributed by atoms with van der Waals surface area (Å²) < 4.78 is 6.62. The highest BCUT2D eigenvalue weighted by molar-refractivity contribution is 5.79. The lowest BCUT2D eigenvalue weighted by molar-refractivity contribution is -0.136. The Hall–Kier alpha value is -3.95. The minimum absolute atomic E-state index is 0.0460. The topological polar surface area (TPSA) is 120 Å². The normalized spacial score (nSPS) is 14.1. The highest BCUT2D eigenvalue weighted by atomic mass is 16.5. The molecule has 0 unspecified atom stereocenters. The second kappa shape index (κ2) is 6.89. The predicted molar refractivity (Wildman–Crippen MR) is 101 cm³/mol. The maximum absolute atomic E-state index is 12.5. The molecule has 0 aliphatic carbocycles. The van der Waals surface area contributed by atoms with Gasteiger partial charge in [0.25, 0.3) is 5.56 Å². The molecule has 0 N–H and O–H groups in total. The molecular weight excluding hydrogens is 374 g/mol. The molecule has 0 radical (unpaired) electrons. The molecule has 10 nitrogen and oxygen atoms in total. The first-order chi connectivity index (χ1) is 14.2. The van der Waals surface area contributed by atoms with E-state index >= 15 is 0 Å². The van der Waals surface area contributed by atoms with Crippen LogP contribution in [0.5, 0.6) is 0 Å². The third kappa shape index (κ3) is 3.14. The fourth-order valence-corrected chi connectivity index (χ4v) is 3.21. The van der Waals surface area contributed by atoms with Gasteiger partial charge in [-0.15, -0.1) is 0 Å². The average Bonchev–Trinajstić information content (AvgIpc) is 3.19. The first kappa shape index (κ1) is 17.2. The average molecular weight is 389 g/mol. The number of rotatable bonds is 4. The Morgan fingerprint density at radius 3 is 2.69 bits per heavy atom. The van der Waals surface area contributed by atoms with Gasteiger partial charge in [-0.3, -0.25) is 14.2 Å². The first-order valence-electron chi connectivity index (χ1n) is 9.02. The number of fused-ring (bicyclic) bond motifs is 1. The molecule has 4 aromatic rings. The molecule has 1 saturated heterocycles. The van der Waals surface area contributed by atoms with Gasteiger partial charge in [-0.1, -0.05) is 17.3 Å². The third-order valence-corrected chi connectivity index (χ3v) is 4.83. The molecule has 10 heteroatoms. The summed E-state index contributed by atoms with van der Waals surface area (Å²) in [7, 11) is 0. The van der Waals surface area contributed by atoms with Gasteiger partial charge in [0.05, 0.1) is 23.1 Å². The Labute approximate surface area is 163 Å². The molecule has 0 atom stereocenters. The molecule has 1 aliphatic rings. The monoisotopic (exact) mass is 389 g/mol. The molecule has 3 aromatic heterocycles. The highest BCUT2D eigenvalue weighted by Gasteiger charge is 2.35. The molecule has 4 heterocycles. The van der Waals surface area contributed by atoms with Gasteiger partial charge < -0.3 is 9.42 Å². The fraction of sp³-hybridized carbons (Fsp3) is 0.211. The molecule has 1 aliphatic heterocycles. The van der Waals surface area contributed by atoms with Crippen molar-refractivity contribution in [3.05, 3.63) is 65.3 Å².